The van der Waals surface area contributed by atoms with E-state index in [1.807, 2.05) is 0 Å². The molecule has 0 bridgehead atoms. The minimum absolute atomic E-state index is 0.0428. The fourth-order valence-electron chi connectivity index (χ4n) is 1.72. The van der Waals surface area contributed by atoms with Crippen LogP contribution in [0, 0.1) is 11.6 Å². The number of sulfonamides is 1. The fraction of sp³-hybridized carbons (Fsp3) is 0.0769. The molecule has 0 amide bonds. The molecule has 0 aliphatic heterocycles. The second kappa shape index (κ2) is 5.57. The average molecular weight is 314 g/mol. The van der Waals surface area contributed by atoms with Crippen LogP contribution in [0.4, 0.5) is 20.2 Å². The molecule has 3 N–H and O–H groups in total. The molecule has 8 heteroatoms. The lowest BCUT2D eigenvalue weighted by Crippen LogP contribution is -2.15. The molecule has 112 valence electrons. The number of benzene rings is 2. The zero-order valence-electron chi connectivity index (χ0n) is 10.9. The minimum Gasteiger partial charge on any atom is -0.497 e. The molecule has 0 saturated carbocycles. The van der Waals surface area contributed by atoms with Gasteiger partial charge in [-0.05, 0) is 24.3 Å². The van der Waals surface area contributed by atoms with Crippen LogP contribution in [-0.2, 0) is 10.0 Å². The van der Waals surface area contributed by atoms with E-state index in [9.17, 15) is 17.2 Å². The SMILES string of the molecule is COc1ccc(S(=O)(=O)Nc2cc(F)cc(F)c2)c(N)c1. The Bertz CT molecular complexity index is 759. The molecule has 0 aliphatic rings. The van der Waals surface area contributed by atoms with Gasteiger partial charge in [0.05, 0.1) is 18.5 Å². The van der Waals surface area contributed by atoms with Gasteiger partial charge in [-0.3, -0.25) is 4.72 Å². The highest BCUT2D eigenvalue weighted by atomic mass is 32.2. The first-order valence-corrected chi connectivity index (χ1v) is 7.22. The molecule has 0 spiro atoms. The van der Waals surface area contributed by atoms with E-state index < -0.39 is 21.7 Å². The molecule has 0 unspecified atom stereocenters. The van der Waals surface area contributed by atoms with Crippen LogP contribution in [-0.4, -0.2) is 15.5 Å². The largest absolute Gasteiger partial charge is 0.497 e. The maximum atomic E-state index is 13.1. The Kier molecular flexibility index (Phi) is 3.99. The van der Waals surface area contributed by atoms with Gasteiger partial charge in [0.25, 0.3) is 10.0 Å². The smallest absolute Gasteiger partial charge is 0.263 e. The summed E-state index contributed by atoms with van der Waals surface area (Å²) in [5.41, 5.74) is 5.37. The first kappa shape index (κ1) is 15.0. The number of rotatable bonds is 4. The number of ether oxygens (including phenoxy) is 1. The number of nitrogens with two attached hydrogens (primary N) is 1. The molecule has 0 aromatic heterocycles. The summed E-state index contributed by atoms with van der Waals surface area (Å²) in [4.78, 5) is -0.215. The topological polar surface area (TPSA) is 81.4 Å². The third-order valence-corrected chi connectivity index (χ3v) is 4.08. The van der Waals surface area contributed by atoms with Gasteiger partial charge in [0.15, 0.2) is 0 Å². The Morgan fingerprint density at radius 2 is 1.71 bits per heavy atom. The normalized spacial score (nSPS) is 11.2. The van der Waals surface area contributed by atoms with Crippen molar-refractivity contribution >= 4 is 21.4 Å². The second-order valence-electron chi connectivity index (χ2n) is 4.17. The quantitative estimate of drug-likeness (QED) is 0.849. The third-order valence-electron chi connectivity index (χ3n) is 2.62. The number of nitrogens with one attached hydrogen (secondary N) is 1. The molecule has 5 nitrogen and oxygen atoms in total. The first-order chi connectivity index (χ1) is 9.81. The van der Waals surface area contributed by atoms with Crippen LogP contribution in [0.1, 0.15) is 0 Å². The number of halogens is 2. The average Bonchev–Trinajstić information content (AvgIpc) is 2.36. The van der Waals surface area contributed by atoms with E-state index in [-0.39, 0.29) is 16.3 Å². The summed E-state index contributed by atoms with van der Waals surface area (Å²) in [6.07, 6.45) is 0. The zero-order valence-corrected chi connectivity index (χ0v) is 11.7. The van der Waals surface area contributed by atoms with Crippen LogP contribution in [0.25, 0.3) is 0 Å². The summed E-state index contributed by atoms with van der Waals surface area (Å²) in [6.45, 7) is 0. The predicted molar refractivity (Wildman–Crippen MR) is 74.6 cm³/mol. The standard InChI is InChI=1S/C13H12F2N2O3S/c1-20-11-2-3-13(12(16)7-11)21(18,19)17-10-5-8(14)4-9(15)6-10/h2-7,17H,16H2,1H3. The Balaban J connectivity index is 2.38. The maximum absolute atomic E-state index is 13.1. The first-order valence-electron chi connectivity index (χ1n) is 5.74. The molecule has 0 aliphatic carbocycles. The molecule has 2 rings (SSSR count). The summed E-state index contributed by atoms with van der Waals surface area (Å²) >= 11 is 0. The van der Waals surface area contributed by atoms with Gasteiger partial charge in [-0.1, -0.05) is 0 Å². The third kappa shape index (κ3) is 3.40. The van der Waals surface area contributed by atoms with Crippen molar-refractivity contribution in [3.8, 4) is 5.75 Å². The molecular formula is C13H12F2N2O3S. The van der Waals surface area contributed by atoms with Gasteiger partial charge in [0.2, 0.25) is 0 Å². The van der Waals surface area contributed by atoms with Crippen molar-refractivity contribution in [2.75, 3.05) is 17.6 Å². The summed E-state index contributed by atoms with van der Waals surface area (Å²) in [7, 11) is -2.65. The van der Waals surface area contributed by atoms with Gasteiger partial charge in [-0.2, -0.15) is 0 Å². The molecule has 0 radical (unpaired) electrons. The van der Waals surface area contributed by atoms with Crippen molar-refractivity contribution in [2.45, 2.75) is 4.90 Å². The van der Waals surface area contributed by atoms with E-state index >= 15 is 0 Å². The van der Waals surface area contributed by atoms with Crippen LogP contribution in [0.2, 0.25) is 0 Å². The number of anilines is 2. The Morgan fingerprint density at radius 1 is 1.10 bits per heavy atom. The van der Waals surface area contributed by atoms with Gasteiger partial charge in [-0.15, -0.1) is 0 Å². The van der Waals surface area contributed by atoms with E-state index in [1.165, 1.54) is 25.3 Å². The van der Waals surface area contributed by atoms with Crippen LogP contribution >= 0.6 is 0 Å². The van der Waals surface area contributed by atoms with E-state index in [2.05, 4.69) is 4.72 Å². The van der Waals surface area contributed by atoms with Crippen molar-refractivity contribution < 1.29 is 21.9 Å². The summed E-state index contributed by atoms with van der Waals surface area (Å²) in [5, 5.41) is 0. The lowest BCUT2D eigenvalue weighted by Gasteiger charge is -2.11. The lowest BCUT2D eigenvalue weighted by molar-refractivity contribution is 0.414. The molecular weight excluding hydrogens is 302 g/mol. The van der Waals surface area contributed by atoms with Gasteiger partial charge < -0.3 is 10.5 Å². The fourth-order valence-corrected chi connectivity index (χ4v) is 2.88. The molecule has 0 saturated heterocycles. The van der Waals surface area contributed by atoms with Crippen molar-refractivity contribution in [3.05, 3.63) is 48.0 Å². The number of hydrogen-bond donors (Lipinski definition) is 2. The predicted octanol–water partition coefficient (Wildman–Crippen LogP) is 2.36. The Hall–Kier alpha value is -2.35. The van der Waals surface area contributed by atoms with Crippen LogP contribution in [0.15, 0.2) is 41.3 Å². The van der Waals surface area contributed by atoms with Gasteiger partial charge in [0, 0.05) is 12.1 Å². The van der Waals surface area contributed by atoms with Crippen molar-refractivity contribution in [2.24, 2.45) is 0 Å². The minimum atomic E-state index is -4.07. The summed E-state index contributed by atoms with van der Waals surface area (Å²) in [5.74, 6) is -1.39. The maximum Gasteiger partial charge on any atom is 0.263 e. The highest BCUT2D eigenvalue weighted by Gasteiger charge is 2.18. The Morgan fingerprint density at radius 3 is 2.24 bits per heavy atom. The van der Waals surface area contributed by atoms with Crippen LogP contribution in [0.5, 0.6) is 5.75 Å². The number of hydrogen-bond acceptors (Lipinski definition) is 4. The number of methoxy groups -OCH3 is 1. The summed E-state index contributed by atoms with van der Waals surface area (Å²) in [6, 6.07) is 6.35. The van der Waals surface area contributed by atoms with Crippen molar-refractivity contribution in [3.63, 3.8) is 0 Å². The monoisotopic (exact) mass is 314 g/mol. The van der Waals surface area contributed by atoms with Crippen LogP contribution in [0.3, 0.4) is 0 Å². The van der Waals surface area contributed by atoms with Crippen molar-refractivity contribution in [1.82, 2.24) is 0 Å². The molecule has 0 fully saturated rings. The van der Waals surface area contributed by atoms with E-state index in [0.717, 1.165) is 12.1 Å². The van der Waals surface area contributed by atoms with Gasteiger partial charge >= 0.3 is 0 Å². The lowest BCUT2D eigenvalue weighted by atomic mass is 10.3. The number of nitrogen functional groups attached to an aromatic ring is 1. The van der Waals surface area contributed by atoms with E-state index in [1.54, 1.807) is 0 Å². The van der Waals surface area contributed by atoms with E-state index in [4.69, 9.17) is 10.5 Å². The van der Waals surface area contributed by atoms with Gasteiger partial charge in [-0.25, -0.2) is 17.2 Å². The van der Waals surface area contributed by atoms with Crippen LogP contribution < -0.4 is 15.2 Å². The highest BCUT2D eigenvalue weighted by Crippen LogP contribution is 2.26. The molecule has 2 aromatic rings. The molecule has 21 heavy (non-hydrogen) atoms. The van der Waals surface area contributed by atoms with E-state index in [0.29, 0.717) is 11.8 Å². The molecule has 0 heterocycles. The summed E-state index contributed by atoms with van der Waals surface area (Å²) < 4.78 is 57.5. The Labute approximate surface area is 120 Å². The highest BCUT2D eigenvalue weighted by molar-refractivity contribution is 7.92. The molecule has 0 atom stereocenters. The molecule has 2 aromatic carbocycles. The zero-order chi connectivity index (χ0) is 15.6. The van der Waals surface area contributed by atoms with Gasteiger partial charge in [0.1, 0.15) is 22.3 Å². The van der Waals surface area contributed by atoms with Crippen molar-refractivity contribution in [1.29, 1.82) is 0 Å². The second-order valence-corrected chi connectivity index (χ2v) is 5.82.